The molecule has 104 valence electrons. The van der Waals surface area contributed by atoms with Crippen LogP contribution >= 0.6 is 0 Å². The van der Waals surface area contributed by atoms with Crippen LogP contribution in [0.2, 0.25) is 0 Å². The van der Waals surface area contributed by atoms with Crippen LogP contribution in [0.1, 0.15) is 23.7 Å². The third-order valence-electron chi connectivity index (χ3n) is 3.27. The monoisotopic (exact) mass is 271 g/mol. The summed E-state index contributed by atoms with van der Waals surface area (Å²) in [4.78, 5) is 8.48. The molecule has 0 saturated heterocycles. The first kappa shape index (κ1) is 12.9. The largest absolute Gasteiger partial charge is 0.490 e. The lowest BCUT2D eigenvalue weighted by Crippen LogP contribution is -2.19. The van der Waals surface area contributed by atoms with E-state index in [4.69, 9.17) is 9.47 Å². The first-order valence-corrected chi connectivity index (χ1v) is 6.71. The summed E-state index contributed by atoms with van der Waals surface area (Å²) in [6.07, 6.45) is 6.04. The van der Waals surface area contributed by atoms with Crippen molar-refractivity contribution in [3.05, 3.63) is 48.0 Å². The lowest BCUT2D eigenvalue weighted by Gasteiger charge is -2.17. The Hall–Kier alpha value is -2.14. The summed E-state index contributed by atoms with van der Waals surface area (Å²) in [7, 11) is 1.91. The lowest BCUT2D eigenvalue weighted by molar-refractivity contribution is 0.297. The molecule has 1 aromatic carbocycles. The fraction of sp³-hybridized carbons (Fsp3) is 0.333. The van der Waals surface area contributed by atoms with E-state index >= 15 is 0 Å². The van der Waals surface area contributed by atoms with Crippen LogP contribution in [0.25, 0.3) is 0 Å². The number of rotatable bonds is 3. The van der Waals surface area contributed by atoms with Gasteiger partial charge in [-0.2, -0.15) is 0 Å². The summed E-state index contributed by atoms with van der Waals surface area (Å²) in [5.41, 5.74) is 1.96. The molecule has 0 amide bonds. The van der Waals surface area contributed by atoms with E-state index in [1.165, 1.54) is 0 Å². The molecule has 1 unspecified atom stereocenters. The van der Waals surface area contributed by atoms with Gasteiger partial charge in [-0.15, -0.1) is 0 Å². The van der Waals surface area contributed by atoms with E-state index in [9.17, 15) is 0 Å². The van der Waals surface area contributed by atoms with Crippen LogP contribution in [-0.2, 0) is 0 Å². The Bertz CT molecular complexity index is 575. The number of hydrogen-bond donors (Lipinski definition) is 1. The molecule has 1 aromatic heterocycles. The molecule has 0 radical (unpaired) electrons. The second-order valence-electron chi connectivity index (χ2n) is 4.61. The first-order chi connectivity index (χ1) is 9.88. The van der Waals surface area contributed by atoms with Gasteiger partial charge < -0.3 is 14.8 Å². The molecule has 2 aromatic rings. The van der Waals surface area contributed by atoms with E-state index in [2.05, 4.69) is 15.3 Å². The van der Waals surface area contributed by atoms with Crippen LogP contribution in [0.3, 0.4) is 0 Å². The van der Waals surface area contributed by atoms with Crippen molar-refractivity contribution in [2.75, 3.05) is 20.3 Å². The molecule has 3 rings (SSSR count). The summed E-state index contributed by atoms with van der Waals surface area (Å²) in [6.45, 7) is 1.39. The van der Waals surface area contributed by atoms with Gasteiger partial charge in [-0.05, 0) is 24.7 Å². The van der Waals surface area contributed by atoms with E-state index in [-0.39, 0.29) is 6.04 Å². The SMILES string of the molecule is CNC(c1ccc2c(c1)OCCCO2)c1cnccn1. The maximum absolute atomic E-state index is 5.73. The molecular formula is C15H17N3O2. The zero-order valence-electron chi connectivity index (χ0n) is 11.4. The van der Waals surface area contributed by atoms with Crippen LogP contribution in [0, 0.1) is 0 Å². The third-order valence-corrected chi connectivity index (χ3v) is 3.27. The van der Waals surface area contributed by atoms with Crippen molar-refractivity contribution >= 4 is 0 Å². The molecule has 0 fully saturated rings. The summed E-state index contributed by atoms with van der Waals surface area (Å²) < 4.78 is 11.4. The number of hydrogen-bond acceptors (Lipinski definition) is 5. The molecular weight excluding hydrogens is 254 g/mol. The summed E-state index contributed by atoms with van der Waals surface area (Å²) in [6, 6.07) is 5.98. The van der Waals surface area contributed by atoms with Gasteiger partial charge in [-0.3, -0.25) is 9.97 Å². The summed E-state index contributed by atoms with van der Waals surface area (Å²) in [5, 5.41) is 3.26. The molecule has 5 nitrogen and oxygen atoms in total. The Morgan fingerprint density at radius 3 is 2.75 bits per heavy atom. The van der Waals surface area contributed by atoms with Crippen LogP contribution in [0.15, 0.2) is 36.8 Å². The molecule has 1 aliphatic rings. The second-order valence-corrected chi connectivity index (χ2v) is 4.61. The van der Waals surface area contributed by atoms with Crippen molar-refractivity contribution < 1.29 is 9.47 Å². The highest BCUT2D eigenvalue weighted by Crippen LogP contribution is 2.33. The average molecular weight is 271 g/mol. The molecule has 1 atom stereocenters. The fourth-order valence-electron chi connectivity index (χ4n) is 2.30. The van der Waals surface area contributed by atoms with Gasteiger partial charge in [0, 0.05) is 18.8 Å². The highest BCUT2D eigenvalue weighted by atomic mass is 16.5. The maximum Gasteiger partial charge on any atom is 0.161 e. The third kappa shape index (κ3) is 2.58. The quantitative estimate of drug-likeness (QED) is 0.924. The predicted octanol–water partition coefficient (Wildman–Crippen LogP) is 1.95. The fourth-order valence-corrected chi connectivity index (χ4v) is 2.30. The minimum atomic E-state index is -0.0131. The van der Waals surface area contributed by atoms with Crippen molar-refractivity contribution in [3.8, 4) is 11.5 Å². The van der Waals surface area contributed by atoms with E-state index in [1.54, 1.807) is 18.6 Å². The molecule has 0 aliphatic carbocycles. The molecule has 1 N–H and O–H groups in total. The minimum Gasteiger partial charge on any atom is -0.490 e. The maximum atomic E-state index is 5.73. The Labute approximate surface area is 118 Å². The van der Waals surface area contributed by atoms with Gasteiger partial charge in [0.25, 0.3) is 0 Å². The minimum absolute atomic E-state index is 0.0131. The van der Waals surface area contributed by atoms with Crippen molar-refractivity contribution in [1.82, 2.24) is 15.3 Å². The Balaban J connectivity index is 1.94. The van der Waals surface area contributed by atoms with E-state index in [0.717, 1.165) is 29.2 Å². The van der Waals surface area contributed by atoms with Crippen molar-refractivity contribution in [1.29, 1.82) is 0 Å². The standard InChI is InChI=1S/C15H17N3O2/c1-16-15(12-10-17-5-6-18-12)11-3-4-13-14(9-11)20-8-2-7-19-13/h3-6,9-10,15-16H,2,7-8H2,1H3. The van der Waals surface area contributed by atoms with Crippen LogP contribution < -0.4 is 14.8 Å². The smallest absolute Gasteiger partial charge is 0.161 e. The Morgan fingerprint density at radius 2 is 2.00 bits per heavy atom. The van der Waals surface area contributed by atoms with E-state index < -0.39 is 0 Å². The van der Waals surface area contributed by atoms with E-state index in [1.807, 2.05) is 25.2 Å². The summed E-state index contributed by atoms with van der Waals surface area (Å²) in [5.74, 6) is 1.60. The van der Waals surface area contributed by atoms with Gasteiger partial charge >= 0.3 is 0 Å². The molecule has 5 heteroatoms. The topological polar surface area (TPSA) is 56.3 Å². The number of nitrogens with one attached hydrogen (secondary N) is 1. The molecule has 0 saturated carbocycles. The van der Waals surface area contributed by atoms with Gasteiger partial charge in [0.05, 0.1) is 31.1 Å². The van der Waals surface area contributed by atoms with Crippen LogP contribution in [-0.4, -0.2) is 30.2 Å². The molecule has 1 aliphatic heterocycles. The molecule has 0 bridgehead atoms. The highest BCUT2D eigenvalue weighted by Gasteiger charge is 2.17. The van der Waals surface area contributed by atoms with Gasteiger partial charge in [-0.1, -0.05) is 6.07 Å². The van der Waals surface area contributed by atoms with Gasteiger partial charge in [0.1, 0.15) is 0 Å². The zero-order chi connectivity index (χ0) is 13.8. The first-order valence-electron chi connectivity index (χ1n) is 6.71. The zero-order valence-corrected chi connectivity index (χ0v) is 11.4. The van der Waals surface area contributed by atoms with Crippen molar-refractivity contribution in [2.45, 2.75) is 12.5 Å². The van der Waals surface area contributed by atoms with E-state index in [0.29, 0.717) is 13.2 Å². The number of aromatic nitrogens is 2. The van der Waals surface area contributed by atoms with Crippen molar-refractivity contribution in [2.24, 2.45) is 0 Å². The molecule has 0 spiro atoms. The highest BCUT2D eigenvalue weighted by molar-refractivity contribution is 5.45. The number of fused-ring (bicyclic) bond motifs is 1. The number of ether oxygens (including phenoxy) is 2. The number of nitrogens with zero attached hydrogens (tertiary/aromatic N) is 2. The lowest BCUT2D eigenvalue weighted by atomic mass is 10.0. The van der Waals surface area contributed by atoms with Crippen LogP contribution in [0.4, 0.5) is 0 Å². The van der Waals surface area contributed by atoms with Gasteiger partial charge in [0.15, 0.2) is 11.5 Å². The average Bonchev–Trinajstić information content (AvgIpc) is 2.74. The molecule has 2 heterocycles. The molecule has 20 heavy (non-hydrogen) atoms. The summed E-state index contributed by atoms with van der Waals surface area (Å²) >= 11 is 0. The Kier molecular flexibility index (Phi) is 3.78. The van der Waals surface area contributed by atoms with Gasteiger partial charge in [0.2, 0.25) is 0 Å². The normalized spacial score (nSPS) is 15.4. The predicted molar refractivity (Wildman–Crippen MR) is 75.0 cm³/mol. The number of benzene rings is 1. The Morgan fingerprint density at radius 1 is 1.15 bits per heavy atom. The van der Waals surface area contributed by atoms with Crippen molar-refractivity contribution in [3.63, 3.8) is 0 Å². The second kappa shape index (κ2) is 5.88. The van der Waals surface area contributed by atoms with Crippen LogP contribution in [0.5, 0.6) is 11.5 Å². The van der Waals surface area contributed by atoms with Gasteiger partial charge in [-0.25, -0.2) is 0 Å².